The fourth-order valence-corrected chi connectivity index (χ4v) is 1.64. The van der Waals surface area contributed by atoms with Gasteiger partial charge in [0, 0.05) is 6.54 Å². The minimum absolute atomic E-state index is 0.374. The summed E-state index contributed by atoms with van der Waals surface area (Å²) in [4.78, 5) is 21.5. The number of carbonyl (C=O) groups excluding carboxylic acids is 1. The van der Waals surface area contributed by atoms with Crippen LogP contribution in [0.25, 0.3) is 0 Å². The number of hydrogen-bond acceptors (Lipinski definition) is 2. The lowest BCUT2D eigenvalue weighted by Gasteiger charge is -2.15. The number of nitrogens with zero attached hydrogens (tertiary/aromatic N) is 1. The van der Waals surface area contributed by atoms with Gasteiger partial charge in [-0.15, -0.1) is 0 Å². The van der Waals surface area contributed by atoms with Gasteiger partial charge in [0.2, 0.25) is 6.41 Å². The third kappa shape index (κ3) is 2.22. The minimum atomic E-state index is -1.14. The Kier molecular flexibility index (Phi) is 3.08. The highest BCUT2D eigenvalue weighted by Crippen LogP contribution is 2.25. The highest BCUT2D eigenvalue weighted by Gasteiger charge is 2.20. The Labute approximate surface area is 71.2 Å². The molecule has 4 heteroatoms. The van der Waals surface area contributed by atoms with Gasteiger partial charge in [0.1, 0.15) is 0 Å². The van der Waals surface area contributed by atoms with E-state index in [1.54, 1.807) is 0 Å². The first-order valence-electron chi connectivity index (χ1n) is 4.19. The van der Waals surface area contributed by atoms with Crippen molar-refractivity contribution in [1.82, 2.24) is 4.90 Å². The Balaban J connectivity index is 2.35. The highest BCUT2D eigenvalue weighted by atomic mass is 16.4. The van der Waals surface area contributed by atoms with Gasteiger partial charge in [-0.3, -0.25) is 4.79 Å². The van der Waals surface area contributed by atoms with Crippen LogP contribution in [0.4, 0.5) is 4.79 Å². The maximum absolute atomic E-state index is 10.4. The largest absolute Gasteiger partial charge is 0.465 e. The molecule has 0 atom stereocenters. The summed E-state index contributed by atoms with van der Waals surface area (Å²) in [5, 5.41) is 8.53. The molecule has 0 aromatic carbocycles. The van der Waals surface area contributed by atoms with Crippen LogP contribution in [0.2, 0.25) is 0 Å². The van der Waals surface area contributed by atoms with E-state index in [0.29, 0.717) is 18.9 Å². The number of carbonyl (C=O) groups is 2. The van der Waals surface area contributed by atoms with Gasteiger partial charge < -0.3 is 5.11 Å². The topological polar surface area (TPSA) is 57.6 Å². The van der Waals surface area contributed by atoms with E-state index in [2.05, 4.69) is 0 Å². The summed E-state index contributed by atoms with van der Waals surface area (Å²) >= 11 is 0. The molecule has 0 radical (unpaired) electrons. The first-order valence-corrected chi connectivity index (χ1v) is 4.19. The van der Waals surface area contributed by atoms with Crippen molar-refractivity contribution in [3.8, 4) is 0 Å². The Hall–Kier alpha value is -1.06. The third-order valence-electron chi connectivity index (χ3n) is 2.30. The first kappa shape index (κ1) is 9.03. The Morgan fingerprint density at radius 1 is 1.50 bits per heavy atom. The van der Waals surface area contributed by atoms with Crippen LogP contribution in [0.3, 0.4) is 0 Å². The van der Waals surface area contributed by atoms with Crippen molar-refractivity contribution in [2.45, 2.75) is 25.7 Å². The van der Waals surface area contributed by atoms with Crippen LogP contribution in [0, 0.1) is 5.92 Å². The number of imide groups is 1. The molecule has 0 saturated heterocycles. The predicted octanol–water partition coefficient (Wildman–Crippen LogP) is 1.31. The molecule has 0 aromatic rings. The quantitative estimate of drug-likeness (QED) is 0.651. The van der Waals surface area contributed by atoms with E-state index in [4.69, 9.17) is 5.11 Å². The van der Waals surface area contributed by atoms with Gasteiger partial charge in [0.05, 0.1) is 0 Å². The standard InChI is InChI=1S/C8H13NO3/c10-6-9(8(11)12)5-7-3-1-2-4-7/h6-7H,1-5H2,(H,11,12). The van der Waals surface area contributed by atoms with Gasteiger partial charge in [0.25, 0.3) is 0 Å². The van der Waals surface area contributed by atoms with Crippen LogP contribution in [0.1, 0.15) is 25.7 Å². The van der Waals surface area contributed by atoms with Gasteiger partial charge in [0.15, 0.2) is 0 Å². The van der Waals surface area contributed by atoms with E-state index < -0.39 is 6.09 Å². The maximum Gasteiger partial charge on any atom is 0.413 e. The van der Waals surface area contributed by atoms with E-state index in [-0.39, 0.29) is 0 Å². The van der Waals surface area contributed by atoms with Gasteiger partial charge in [-0.2, -0.15) is 0 Å². The molecule has 12 heavy (non-hydrogen) atoms. The second-order valence-electron chi connectivity index (χ2n) is 3.19. The minimum Gasteiger partial charge on any atom is -0.465 e. The summed E-state index contributed by atoms with van der Waals surface area (Å²) in [6.07, 6.45) is 3.68. The van der Waals surface area contributed by atoms with Crippen LogP contribution in [-0.4, -0.2) is 29.1 Å². The molecule has 1 fully saturated rings. The van der Waals surface area contributed by atoms with Crippen molar-refractivity contribution in [3.63, 3.8) is 0 Å². The molecule has 0 spiro atoms. The first-order chi connectivity index (χ1) is 5.74. The Morgan fingerprint density at radius 2 is 2.08 bits per heavy atom. The lowest BCUT2D eigenvalue weighted by molar-refractivity contribution is -0.116. The van der Waals surface area contributed by atoms with Crippen LogP contribution in [0.5, 0.6) is 0 Å². The van der Waals surface area contributed by atoms with Crippen LogP contribution in [0.15, 0.2) is 0 Å². The summed E-state index contributed by atoms with van der Waals surface area (Å²) < 4.78 is 0. The van der Waals surface area contributed by atoms with E-state index in [0.717, 1.165) is 30.6 Å². The highest BCUT2D eigenvalue weighted by molar-refractivity contribution is 5.78. The Morgan fingerprint density at radius 3 is 2.50 bits per heavy atom. The number of carboxylic acid groups (broad SMARTS) is 1. The molecule has 0 bridgehead atoms. The molecular weight excluding hydrogens is 158 g/mol. The predicted molar refractivity (Wildman–Crippen MR) is 42.8 cm³/mol. The van der Waals surface area contributed by atoms with Crippen molar-refractivity contribution >= 4 is 12.5 Å². The van der Waals surface area contributed by atoms with Crippen LogP contribution in [-0.2, 0) is 4.79 Å². The summed E-state index contributed by atoms with van der Waals surface area (Å²) in [5.74, 6) is 0.395. The monoisotopic (exact) mass is 171 g/mol. The maximum atomic E-state index is 10.4. The van der Waals surface area contributed by atoms with Crippen molar-refractivity contribution in [2.24, 2.45) is 5.92 Å². The van der Waals surface area contributed by atoms with Gasteiger partial charge in [-0.1, -0.05) is 12.8 Å². The molecule has 1 rings (SSSR count). The van der Waals surface area contributed by atoms with Crippen molar-refractivity contribution in [3.05, 3.63) is 0 Å². The lowest BCUT2D eigenvalue weighted by Crippen LogP contribution is -2.32. The van der Waals surface area contributed by atoms with Crippen molar-refractivity contribution in [2.75, 3.05) is 6.54 Å². The molecule has 68 valence electrons. The third-order valence-corrected chi connectivity index (χ3v) is 2.30. The second kappa shape index (κ2) is 4.09. The summed E-state index contributed by atoms with van der Waals surface area (Å²) in [5.41, 5.74) is 0. The molecule has 1 saturated carbocycles. The van der Waals surface area contributed by atoms with E-state index in [1.165, 1.54) is 0 Å². The normalized spacial score (nSPS) is 17.7. The molecular formula is C8H13NO3. The fraction of sp³-hybridized carbons (Fsp3) is 0.750. The second-order valence-corrected chi connectivity index (χ2v) is 3.19. The number of hydrogen-bond donors (Lipinski definition) is 1. The van der Waals surface area contributed by atoms with E-state index in [1.807, 2.05) is 0 Å². The van der Waals surface area contributed by atoms with Crippen molar-refractivity contribution < 1.29 is 14.7 Å². The molecule has 0 unspecified atom stereocenters. The zero-order valence-corrected chi connectivity index (χ0v) is 6.90. The summed E-state index contributed by atoms with van der Waals surface area (Å²) in [7, 11) is 0. The van der Waals surface area contributed by atoms with E-state index in [9.17, 15) is 9.59 Å². The van der Waals surface area contributed by atoms with Crippen molar-refractivity contribution in [1.29, 1.82) is 0 Å². The average Bonchev–Trinajstić information content (AvgIpc) is 2.51. The molecule has 1 aliphatic carbocycles. The SMILES string of the molecule is O=CN(CC1CCCC1)C(=O)O. The molecule has 1 N–H and O–H groups in total. The smallest absolute Gasteiger partial charge is 0.413 e. The van der Waals surface area contributed by atoms with E-state index >= 15 is 0 Å². The van der Waals surface area contributed by atoms with Gasteiger partial charge >= 0.3 is 6.09 Å². The molecule has 1 aliphatic rings. The molecule has 0 aromatic heterocycles. The summed E-state index contributed by atoms with van der Waals surface area (Å²) in [6, 6.07) is 0. The molecule has 0 aliphatic heterocycles. The van der Waals surface area contributed by atoms with Gasteiger partial charge in [-0.25, -0.2) is 9.69 Å². The van der Waals surface area contributed by atoms with Crippen LogP contribution < -0.4 is 0 Å². The Bertz CT molecular complexity index is 175. The average molecular weight is 171 g/mol. The van der Waals surface area contributed by atoms with Gasteiger partial charge in [-0.05, 0) is 18.8 Å². The molecule has 0 heterocycles. The number of amides is 2. The molecule has 2 amide bonds. The number of rotatable bonds is 3. The molecule has 4 nitrogen and oxygen atoms in total. The zero-order chi connectivity index (χ0) is 8.97. The van der Waals surface area contributed by atoms with Crippen LogP contribution >= 0.6 is 0 Å². The zero-order valence-electron chi connectivity index (χ0n) is 6.90. The summed E-state index contributed by atoms with van der Waals surface area (Å²) in [6.45, 7) is 0.374. The lowest BCUT2D eigenvalue weighted by atomic mass is 10.1. The fourth-order valence-electron chi connectivity index (χ4n) is 1.64.